The molecular weight excluding hydrogens is 308 g/mol. The molecule has 0 spiro atoms. The van der Waals surface area contributed by atoms with E-state index in [0.717, 1.165) is 36.8 Å². The maximum absolute atomic E-state index is 4.85. The van der Waals surface area contributed by atoms with E-state index in [2.05, 4.69) is 71.3 Å². The lowest BCUT2D eigenvalue weighted by atomic mass is 10.1. The molecule has 1 aliphatic heterocycles. The Hall–Kier alpha value is -2.46. The highest BCUT2D eigenvalue weighted by molar-refractivity contribution is 5.86. The molecule has 0 aliphatic carbocycles. The van der Waals surface area contributed by atoms with Crippen LogP contribution in [0.5, 0.6) is 0 Å². The van der Waals surface area contributed by atoms with Gasteiger partial charge >= 0.3 is 0 Å². The Balaban J connectivity index is 1.59. The first-order valence-corrected chi connectivity index (χ1v) is 8.91. The summed E-state index contributed by atoms with van der Waals surface area (Å²) in [5, 5.41) is 2.50. The molecule has 1 saturated heterocycles. The molecule has 1 fully saturated rings. The summed E-state index contributed by atoms with van der Waals surface area (Å²) in [6.45, 7) is 3.21. The molecule has 0 saturated carbocycles. The summed E-state index contributed by atoms with van der Waals surface area (Å²) in [5.41, 5.74) is 2.14. The van der Waals surface area contributed by atoms with E-state index in [1.807, 2.05) is 12.3 Å². The zero-order valence-corrected chi connectivity index (χ0v) is 14.9. The number of nitrogens with zero attached hydrogens (tertiary/aromatic N) is 4. The van der Waals surface area contributed by atoms with Crippen LogP contribution in [0.1, 0.15) is 6.42 Å². The SMILES string of the molecule is CN(C)C[C@H]1CCN(c2nccc(-c3ccc4ccccc4c3)n2)C1. The van der Waals surface area contributed by atoms with Crippen molar-refractivity contribution in [1.29, 1.82) is 0 Å². The van der Waals surface area contributed by atoms with Crippen molar-refractivity contribution in [3.05, 3.63) is 54.7 Å². The van der Waals surface area contributed by atoms with Crippen LogP contribution in [0.15, 0.2) is 54.7 Å². The molecule has 4 heteroatoms. The van der Waals surface area contributed by atoms with E-state index >= 15 is 0 Å². The predicted octanol–water partition coefficient (Wildman–Crippen LogP) is 3.68. The molecule has 25 heavy (non-hydrogen) atoms. The highest BCUT2D eigenvalue weighted by atomic mass is 15.3. The molecular formula is C21H24N4. The van der Waals surface area contributed by atoms with Crippen LogP contribution in [-0.4, -0.2) is 48.6 Å². The van der Waals surface area contributed by atoms with Gasteiger partial charge in [0.05, 0.1) is 5.69 Å². The average Bonchev–Trinajstić information content (AvgIpc) is 3.09. The Labute approximate surface area is 149 Å². The van der Waals surface area contributed by atoms with Gasteiger partial charge in [-0.05, 0) is 49.3 Å². The molecule has 0 amide bonds. The van der Waals surface area contributed by atoms with E-state index in [0.29, 0.717) is 5.92 Å². The first-order valence-electron chi connectivity index (χ1n) is 8.91. The van der Waals surface area contributed by atoms with Gasteiger partial charge in [0.1, 0.15) is 0 Å². The number of hydrogen-bond acceptors (Lipinski definition) is 4. The van der Waals surface area contributed by atoms with Crippen LogP contribution >= 0.6 is 0 Å². The topological polar surface area (TPSA) is 32.3 Å². The van der Waals surface area contributed by atoms with Crippen LogP contribution in [-0.2, 0) is 0 Å². The van der Waals surface area contributed by atoms with Crippen molar-refractivity contribution in [2.45, 2.75) is 6.42 Å². The monoisotopic (exact) mass is 332 g/mol. The first-order chi connectivity index (χ1) is 12.2. The van der Waals surface area contributed by atoms with Gasteiger partial charge in [0.15, 0.2) is 0 Å². The van der Waals surface area contributed by atoms with E-state index in [-0.39, 0.29) is 0 Å². The minimum atomic E-state index is 0.697. The second-order valence-electron chi connectivity index (χ2n) is 7.17. The molecule has 1 atom stereocenters. The third-order valence-electron chi connectivity index (χ3n) is 4.88. The van der Waals surface area contributed by atoms with E-state index in [9.17, 15) is 0 Å². The lowest BCUT2D eigenvalue weighted by Crippen LogP contribution is -2.26. The second kappa shape index (κ2) is 6.81. The molecule has 4 rings (SSSR count). The number of benzene rings is 2. The smallest absolute Gasteiger partial charge is 0.225 e. The lowest BCUT2D eigenvalue weighted by molar-refractivity contribution is 0.340. The molecule has 0 radical (unpaired) electrons. The maximum atomic E-state index is 4.85. The predicted molar refractivity (Wildman–Crippen MR) is 104 cm³/mol. The van der Waals surface area contributed by atoms with Crippen molar-refractivity contribution < 1.29 is 0 Å². The van der Waals surface area contributed by atoms with Crippen LogP contribution in [0, 0.1) is 5.92 Å². The van der Waals surface area contributed by atoms with Crippen LogP contribution in [0.4, 0.5) is 5.95 Å². The molecule has 1 aromatic heterocycles. The minimum absolute atomic E-state index is 0.697. The van der Waals surface area contributed by atoms with Gasteiger partial charge in [-0.25, -0.2) is 9.97 Å². The van der Waals surface area contributed by atoms with Crippen LogP contribution in [0.25, 0.3) is 22.0 Å². The zero-order chi connectivity index (χ0) is 17.2. The molecule has 2 aromatic carbocycles. The maximum Gasteiger partial charge on any atom is 0.225 e. The van der Waals surface area contributed by atoms with E-state index in [4.69, 9.17) is 4.98 Å². The van der Waals surface area contributed by atoms with Crippen molar-refractivity contribution in [3.8, 4) is 11.3 Å². The lowest BCUT2D eigenvalue weighted by Gasteiger charge is -2.18. The molecule has 3 aromatic rings. The van der Waals surface area contributed by atoms with Crippen molar-refractivity contribution in [1.82, 2.24) is 14.9 Å². The van der Waals surface area contributed by atoms with Crippen molar-refractivity contribution in [2.75, 3.05) is 38.6 Å². The summed E-state index contributed by atoms with van der Waals surface area (Å²) in [5.74, 6) is 1.55. The summed E-state index contributed by atoms with van der Waals surface area (Å²) in [6, 6.07) is 17.0. The largest absolute Gasteiger partial charge is 0.340 e. The van der Waals surface area contributed by atoms with Crippen LogP contribution < -0.4 is 4.90 Å². The normalized spacial score (nSPS) is 17.6. The summed E-state index contributed by atoms with van der Waals surface area (Å²) >= 11 is 0. The zero-order valence-electron chi connectivity index (χ0n) is 14.9. The summed E-state index contributed by atoms with van der Waals surface area (Å²) < 4.78 is 0. The van der Waals surface area contributed by atoms with E-state index in [1.165, 1.54) is 17.2 Å². The van der Waals surface area contributed by atoms with Gasteiger partial charge < -0.3 is 9.80 Å². The minimum Gasteiger partial charge on any atom is -0.340 e. The van der Waals surface area contributed by atoms with Gasteiger partial charge in [0.2, 0.25) is 5.95 Å². The third-order valence-corrected chi connectivity index (χ3v) is 4.88. The fourth-order valence-corrected chi connectivity index (χ4v) is 3.69. The van der Waals surface area contributed by atoms with Crippen molar-refractivity contribution >= 4 is 16.7 Å². The summed E-state index contributed by atoms with van der Waals surface area (Å²) in [4.78, 5) is 14.0. The highest BCUT2D eigenvalue weighted by Gasteiger charge is 2.24. The number of anilines is 1. The van der Waals surface area contributed by atoms with Gasteiger partial charge in [0, 0.05) is 31.4 Å². The van der Waals surface area contributed by atoms with Gasteiger partial charge in [0.25, 0.3) is 0 Å². The van der Waals surface area contributed by atoms with Crippen molar-refractivity contribution in [2.24, 2.45) is 5.92 Å². The molecule has 1 aliphatic rings. The van der Waals surface area contributed by atoms with Gasteiger partial charge in [-0.2, -0.15) is 0 Å². The molecule has 0 unspecified atom stereocenters. The fourth-order valence-electron chi connectivity index (χ4n) is 3.69. The molecule has 0 N–H and O–H groups in total. The first kappa shape index (κ1) is 16.0. The van der Waals surface area contributed by atoms with Crippen molar-refractivity contribution in [3.63, 3.8) is 0 Å². The Morgan fingerprint density at radius 3 is 2.76 bits per heavy atom. The number of fused-ring (bicyclic) bond motifs is 1. The standard InChI is InChI=1S/C21H24N4/c1-24(2)14-16-10-12-25(15-16)21-22-11-9-20(23-21)19-8-7-17-5-3-4-6-18(17)13-19/h3-9,11,13,16H,10,12,14-15H2,1-2H3/t16-/m1/s1. The second-order valence-corrected chi connectivity index (χ2v) is 7.17. The summed E-state index contributed by atoms with van der Waals surface area (Å²) in [7, 11) is 4.28. The quantitative estimate of drug-likeness (QED) is 0.729. The summed E-state index contributed by atoms with van der Waals surface area (Å²) in [6.07, 6.45) is 3.09. The number of rotatable bonds is 4. The van der Waals surface area contributed by atoms with E-state index < -0.39 is 0 Å². The molecule has 128 valence electrons. The highest BCUT2D eigenvalue weighted by Crippen LogP contribution is 2.26. The van der Waals surface area contributed by atoms with Crippen LogP contribution in [0.2, 0.25) is 0 Å². The average molecular weight is 332 g/mol. The number of aromatic nitrogens is 2. The van der Waals surface area contributed by atoms with E-state index in [1.54, 1.807) is 0 Å². The fraction of sp³-hybridized carbons (Fsp3) is 0.333. The Morgan fingerprint density at radius 2 is 1.92 bits per heavy atom. The third kappa shape index (κ3) is 3.49. The molecule has 4 nitrogen and oxygen atoms in total. The Bertz CT molecular complexity index is 874. The number of hydrogen-bond donors (Lipinski definition) is 0. The van der Waals surface area contributed by atoms with Gasteiger partial charge in [-0.15, -0.1) is 0 Å². The Kier molecular flexibility index (Phi) is 4.36. The Morgan fingerprint density at radius 1 is 1.08 bits per heavy atom. The molecule has 2 heterocycles. The molecule has 0 bridgehead atoms. The van der Waals surface area contributed by atoms with Gasteiger partial charge in [-0.1, -0.05) is 36.4 Å². The van der Waals surface area contributed by atoms with Crippen LogP contribution in [0.3, 0.4) is 0 Å². The van der Waals surface area contributed by atoms with Gasteiger partial charge in [-0.3, -0.25) is 0 Å².